The van der Waals surface area contributed by atoms with Crippen molar-refractivity contribution >= 4 is 0 Å². The Morgan fingerprint density at radius 2 is 1.76 bits per heavy atom. The van der Waals surface area contributed by atoms with Crippen LogP contribution in [-0.2, 0) is 9.47 Å². The number of hydrogen-bond donors (Lipinski definition) is 2. The highest BCUT2D eigenvalue weighted by Crippen LogP contribution is 2.28. The third kappa shape index (κ3) is 5.82. The van der Waals surface area contributed by atoms with E-state index in [2.05, 4.69) is 5.32 Å². The van der Waals surface area contributed by atoms with Gasteiger partial charge in [0.25, 0.3) is 0 Å². The summed E-state index contributed by atoms with van der Waals surface area (Å²) in [5, 5.41) is 13.4. The summed E-state index contributed by atoms with van der Waals surface area (Å²) in [4.78, 5) is 0. The normalized spacial score (nSPS) is 19.1. The Hall–Kier alpha value is -0.160. The molecule has 4 heteroatoms. The zero-order valence-corrected chi connectivity index (χ0v) is 11.2. The molecular weight excluding hydrogens is 218 g/mol. The van der Waals surface area contributed by atoms with Crippen LogP contribution in [0.15, 0.2) is 0 Å². The SMILES string of the molecule is CCOC(CCNCC1(O)CCCC1)OCC. The molecule has 0 aromatic heterocycles. The van der Waals surface area contributed by atoms with Crippen LogP contribution in [0.5, 0.6) is 0 Å². The standard InChI is InChI=1S/C13H27NO3/c1-3-16-12(17-4-2)7-10-14-11-13(15)8-5-6-9-13/h12,14-15H,3-11H2,1-2H3. The van der Waals surface area contributed by atoms with Gasteiger partial charge in [0.1, 0.15) is 0 Å². The Morgan fingerprint density at radius 3 is 2.29 bits per heavy atom. The Morgan fingerprint density at radius 1 is 1.18 bits per heavy atom. The fraction of sp³-hybridized carbons (Fsp3) is 1.00. The maximum absolute atomic E-state index is 10.1. The molecule has 0 saturated heterocycles. The average Bonchev–Trinajstić information content (AvgIpc) is 2.72. The quantitative estimate of drug-likeness (QED) is 0.479. The van der Waals surface area contributed by atoms with Crippen molar-refractivity contribution in [3.63, 3.8) is 0 Å². The van der Waals surface area contributed by atoms with Gasteiger partial charge < -0.3 is 19.9 Å². The molecule has 0 atom stereocenters. The topological polar surface area (TPSA) is 50.7 Å². The van der Waals surface area contributed by atoms with E-state index in [0.29, 0.717) is 19.8 Å². The van der Waals surface area contributed by atoms with Gasteiger partial charge in [-0.15, -0.1) is 0 Å². The van der Waals surface area contributed by atoms with Crippen molar-refractivity contribution in [2.75, 3.05) is 26.3 Å². The first-order valence-corrected chi connectivity index (χ1v) is 6.86. The van der Waals surface area contributed by atoms with E-state index in [4.69, 9.17) is 9.47 Å². The van der Waals surface area contributed by atoms with Crippen LogP contribution in [0, 0.1) is 0 Å². The first kappa shape index (κ1) is 14.9. The Bertz CT molecular complexity index is 187. The summed E-state index contributed by atoms with van der Waals surface area (Å²) in [5.74, 6) is 0. The number of rotatable bonds is 9. The highest BCUT2D eigenvalue weighted by Gasteiger charge is 2.30. The van der Waals surface area contributed by atoms with Gasteiger partial charge in [0.15, 0.2) is 6.29 Å². The van der Waals surface area contributed by atoms with Crippen LogP contribution >= 0.6 is 0 Å². The number of aliphatic hydroxyl groups is 1. The van der Waals surface area contributed by atoms with Crippen LogP contribution in [0.1, 0.15) is 46.0 Å². The van der Waals surface area contributed by atoms with Gasteiger partial charge in [0.05, 0.1) is 5.60 Å². The second-order valence-electron chi connectivity index (χ2n) is 4.74. The number of nitrogens with one attached hydrogen (secondary N) is 1. The van der Waals surface area contributed by atoms with Crippen molar-refractivity contribution < 1.29 is 14.6 Å². The third-order valence-electron chi connectivity index (χ3n) is 3.25. The molecule has 0 unspecified atom stereocenters. The van der Waals surface area contributed by atoms with Crippen LogP contribution in [0.3, 0.4) is 0 Å². The lowest BCUT2D eigenvalue weighted by atomic mass is 10.0. The zero-order chi connectivity index (χ0) is 12.6. The lowest BCUT2D eigenvalue weighted by molar-refractivity contribution is -0.139. The van der Waals surface area contributed by atoms with Crippen molar-refractivity contribution in [1.29, 1.82) is 0 Å². The van der Waals surface area contributed by atoms with E-state index in [-0.39, 0.29) is 6.29 Å². The minimum Gasteiger partial charge on any atom is -0.389 e. The van der Waals surface area contributed by atoms with Gasteiger partial charge in [-0.25, -0.2) is 0 Å². The van der Waals surface area contributed by atoms with Gasteiger partial charge in [-0.05, 0) is 26.7 Å². The molecule has 0 spiro atoms. The second-order valence-corrected chi connectivity index (χ2v) is 4.74. The molecule has 1 rings (SSSR count). The molecule has 2 N–H and O–H groups in total. The molecule has 0 aliphatic heterocycles. The van der Waals surface area contributed by atoms with Crippen molar-refractivity contribution in [2.24, 2.45) is 0 Å². The van der Waals surface area contributed by atoms with Gasteiger partial charge >= 0.3 is 0 Å². The van der Waals surface area contributed by atoms with Crippen LogP contribution in [0.2, 0.25) is 0 Å². The Balaban J connectivity index is 2.08. The summed E-state index contributed by atoms with van der Waals surface area (Å²) >= 11 is 0. The molecular formula is C13H27NO3. The van der Waals surface area contributed by atoms with Crippen LogP contribution < -0.4 is 5.32 Å². The Kier molecular flexibility index (Phi) is 7.04. The summed E-state index contributed by atoms with van der Waals surface area (Å²) in [5.41, 5.74) is -0.466. The van der Waals surface area contributed by atoms with Crippen LogP contribution in [-0.4, -0.2) is 43.3 Å². The van der Waals surface area contributed by atoms with E-state index < -0.39 is 5.60 Å². The van der Waals surface area contributed by atoms with Crippen molar-refractivity contribution in [1.82, 2.24) is 5.32 Å². The third-order valence-corrected chi connectivity index (χ3v) is 3.25. The maximum Gasteiger partial charge on any atom is 0.158 e. The number of hydrogen-bond acceptors (Lipinski definition) is 4. The summed E-state index contributed by atoms with van der Waals surface area (Å²) in [6.07, 6.45) is 4.88. The molecule has 1 aliphatic rings. The van der Waals surface area contributed by atoms with E-state index in [1.807, 2.05) is 13.8 Å². The highest BCUT2D eigenvalue weighted by molar-refractivity contribution is 4.86. The lowest BCUT2D eigenvalue weighted by Crippen LogP contribution is -2.39. The monoisotopic (exact) mass is 245 g/mol. The fourth-order valence-corrected chi connectivity index (χ4v) is 2.34. The minimum atomic E-state index is -0.466. The van der Waals surface area contributed by atoms with E-state index in [1.165, 1.54) is 0 Å². The molecule has 0 heterocycles. The average molecular weight is 245 g/mol. The van der Waals surface area contributed by atoms with E-state index in [0.717, 1.165) is 38.6 Å². The van der Waals surface area contributed by atoms with Gasteiger partial charge in [-0.1, -0.05) is 12.8 Å². The van der Waals surface area contributed by atoms with E-state index in [1.54, 1.807) is 0 Å². The predicted octanol–water partition coefficient (Wildman–Crippen LogP) is 1.67. The second kappa shape index (κ2) is 8.03. The fourth-order valence-electron chi connectivity index (χ4n) is 2.34. The summed E-state index contributed by atoms with van der Waals surface area (Å²) in [6, 6.07) is 0. The Labute approximate surface area is 105 Å². The largest absolute Gasteiger partial charge is 0.389 e. The first-order chi connectivity index (χ1) is 8.20. The molecule has 1 aliphatic carbocycles. The van der Waals surface area contributed by atoms with Gasteiger partial charge in [0.2, 0.25) is 0 Å². The lowest BCUT2D eigenvalue weighted by Gasteiger charge is -2.23. The smallest absolute Gasteiger partial charge is 0.158 e. The summed E-state index contributed by atoms with van der Waals surface area (Å²) in [7, 11) is 0. The summed E-state index contributed by atoms with van der Waals surface area (Å²) < 4.78 is 10.9. The molecule has 1 saturated carbocycles. The van der Waals surface area contributed by atoms with E-state index in [9.17, 15) is 5.11 Å². The maximum atomic E-state index is 10.1. The molecule has 0 bridgehead atoms. The molecule has 17 heavy (non-hydrogen) atoms. The molecule has 102 valence electrons. The molecule has 0 amide bonds. The zero-order valence-electron chi connectivity index (χ0n) is 11.2. The van der Waals surface area contributed by atoms with Gasteiger partial charge in [-0.2, -0.15) is 0 Å². The molecule has 4 nitrogen and oxygen atoms in total. The van der Waals surface area contributed by atoms with Gasteiger partial charge in [-0.3, -0.25) is 0 Å². The molecule has 0 aromatic rings. The highest BCUT2D eigenvalue weighted by atomic mass is 16.7. The van der Waals surface area contributed by atoms with Crippen LogP contribution in [0.4, 0.5) is 0 Å². The molecule has 0 aromatic carbocycles. The summed E-state index contributed by atoms with van der Waals surface area (Å²) in [6.45, 7) is 6.82. The van der Waals surface area contributed by atoms with Crippen molar-refractivity contribution in [2.45, 2.75) is 57.8 Å². The first-order valence-electron chi connectivity index (χ1n) is 6.86. The van der Waals surface area contributed by atoms with E-state index >= 15 is 0 Å². The van der Waals surface area contributed by atoms with Gasteiger partial charge in [0, 0.05) is 32.7 Å². The predicted molar refractivity (Wildman–Crippen MR) is 67.9 cm³/mol. The van der Waals surface area contributed by atoms with Crippen molar-refractivity contribution in [3.05, 3.63) is 0 Å². The van der Waals surface area contributed by atoms with Crippen molar-refractivity contribution in [3.8, 4) is 0 Å². The minimum absolute atomic E-state index is 0.115. The number of ether oxygens (including phenoxy) is 2. The molecule has 0 radical (unpaired) electrons. The molecule has 1 fully saturated rings. The van der Waals surface area contributed by atoms with Crippen LogP contribution in [0.25, 0.3) is 0 Å².